The van der Waals surface area contributed by atoms with E-state index in [4.69, 9.17) is 4.74 Å². The summed E-state index contributed by atoms with van der Waals surface area (Å²) in [7, 11) is 0. The monoisotopic (exact) mass is 246 g/mol. The van der Waals surface area contributed by atoms with E-state index < -0.39 is 11.4 Å². The van der Waals surface area contributed by atoms with Crippen molar-refractivity contribution >= 4 is 0 Å². The number of halogens is 1. The van der Waals surface area contributed by atoms with Gasteiger partial charge in [0.15, 0.2) is 11.9 Å². The van der Waals surface area contributed by atoms with E-state index >= 15 is 0 Å². The van der Waals surface area contributed by atoms with Crippen LogP contribution in [0.3, 0.4) is 0 Å². The van der Waals surface area contributed by atoms with Gasteiger partial charge in [0.2, 0.25) is 5.82 Å². The Morgan fingerprint density at radius 2 is 2.22 bits per heavy atom. The van der Waals surface area contributed by atoms with E-state index in [9.17, 15) is 9.18 Å². The number of hydrogen-bond acceptors (Lipinski definition) is 3. The van der Waals surface area contributed by atoms with Gasteiger partial charge >= 0.3 is 0 Å². The second-order valence-corrected chi connectivity index (χ2v) is 4.27. The summed E-state index contributed by atoms with van der Waals surface area (Å²) in [6.07, 6.45) is 0.277. The average Bonchev–Trinajstić information content (AvgIpc) is 2.79. The molecular weight excluding hydrogens is 235 g/mol. The minimum Gasteiger partial charge on any atom is -0.482 e. The van der Waals surface area contributed by atoms with Crippen molar-refractivity contribution in [2.24, 2.45) is 0 Å². The second kappa shape index (κ2) is 3.94. The van der Waals surface area contributed by atoms with E-state index in [1.165, 1.54) is 6.92 Å². The Balaban J connectivity index is 1.98. The lowest BCUT2D eigenvalue weighted by Crippen LogP contribution is -2.21. The summed E-state index contributed by atoms with van der Waals surface area (Å²) in [4.78, 5) is 17.8. The first-order chi connectivity index (χ1) is 8.65. The van der Waals surface area contributed by atoms with E-state index in [0.717, 1.165) is 11.3 Å². The Labute approximate surface area is 102 Å². The number of benzene rings is 1. The van der Waals surface area contributed by atoms with Gasteiger partial charge in [-0.05, 0) is 18.6 Å². The van der Waals surface area contributed by atoms with Gasteiger partial charge in [-0.3, -0.25) is 4.79 Å². The molecule has 0 radical (unpaired) electrons. The Morgan fingerprint density at radius 1 is 1.44 bits per heavy atom. The van der Waals surface area contributed by atoms with Gasteiger partial charge in [0.25, 0.3) is 5.56 Å². The van der Waals surface area contributed by atoms with Crippen LogP contribution in [0, 0.1) is 12.7 Å². The highest BCUT2D eigenvalue weighted by atomic mass is 19.1. The minimum atomic E-state index is -0.839. The van der Waals surface area contributed by atoms with Gasteiger partial charge in [0, 0.05) is 6.42 Å². The highest BCUT2D eigenvalue weighted by molar-refractivity contribution is 5.38. The highest BCUT2D eigenvalue weighted by Crippen LogP contribution is 2.34. The number of nitrogens with zero attached hydrogens (tertiary/aromatic N) is 1. The van der Waals surface area contributed by atoms with Gasteiger partial charge in [-0.2, -0.15) is 4.39 Å². The maximum Gasteiger partial charge on any atom is 0.287 e. The van der Waals surface area contributed by atoms with E-state index in [0.29, 0.717) is 12.2 Å². The van der Waals surface area contributed by atoms with Crippen LogP contribution in [-0.2, 0) is 6.42 Å². The molecule has 1 aromatic heterocycles. The number of hydrogen-bond donors (Lipinski definition) is 1. The van der Waals surface area contributed by atoms with Crippen LogP contribution in [0.1, 0.15) is 23.2 Å². The van der Waals surface area contributed by atoms with Gasteiger partial charge in [-0.15, -0.1) is 0 Å². The summed E-state index contributed by atoms with van der Waals surface area (Å²) in [6, 6.07) is 7.64. The molecule has 4 nitrogen and oxygen atoms in total. The van der Waals surface area contributed by atoms with Crippen molar-refractivity contribution in [3.63, 3.8) is 0 Å². The normalized spacial score (nSPS) is 17.3. The summed E-state index contributed by atoms with van der Waals surface area (Å²) in [5.74, 6) is 0.316. The topological polar surface area (TPSA) is 55.0 Å². The van der Waals surface area contributed by atoms with Gasteiger partial charge in [0.1, 0.15) is 5.75 Å². The van der Waals surface area contributed by atoms with Crippen LogP contribution in [0.4, 0.5) is 4.39 Å². The fourth-order valence-corrected chi connectivity index (χ4v) is 2.08. The molecule has 0 fully saturated rings. The first kappa shape index (κ1) is 11.0. The van der Waals surface area contributed by atoms with Gasteiger partial charge in [-0.25, -0.2) is 4.98 Å². The smallest absolute Gasteiger partial charge is 0.287 e. The average molecular weight is 246 g/mol. The number of para-hydroxylation sites is 1. The van der Waals surface area contributed by atoms with Crippen LogP contribution in [0.5, 0.6) is 5.75 Å². The van der Waals surface area contributed by atoms with Crippen LogP contribution >= 0.6 is 0 Å². The number of ether oxygens (including phenoxy) is 1. The molecule has 1 aromatic carbocycles. The maximum atomic E-state index is 13.2. The van der Waals surface area contributed by atoms with Crippen LogP contribution in [0.25, 0.3) is 0 Å². The Bertz CT molecular complexity index is 641. The Hall–Kier alpha value is -2.17. The van der Waals surface area contributed by atoms with Crippen molar-refractivity contribution in [2.75, 3.05) is 0 Å². The molecule has 1 aliphatic rings. The van der Waals surface area contributed by atoms with Gasteiger partial charge < -0.3 is 9.72 Å². The van der Waals surface area contributed by atoms with Crippen LogP contribution in [0.15, 0.2) is 29.1 Å². The molecule has 18 heavy (non-hydrogen) atoms. The van der Waals surface area contributed by atoms with Gasteiger partial charge in [-0.1, -0.05) is 18.2 Å². The molecule has 2 aromatic rings. The number of aromatic nitrogens is 2. The van der Waals surface area contributed by atoms with Gasteiger partial charge in [0.05, 0.1) is 5.69 Å². The fraction of sp³-hybridized carbons (Fsp3) is 0.231. The Kier molecular flexibility index (Phi) is 2.40. The third-order valence-electron chi connectivity index (χ3n) is 3.00. The molecule has 0 amide bonds. The molecule has 1 unspecified atom stereocenters. The molecule has 1 aliphatic heterocycles. The molecule has 1 N–H and O–H groups in total. The standard InChI is InChI=1S/C13H11FN2O2/c1-7-11(14)13(17)16-12(15-7)10-6-8-4-2-3-5-9(8)18-10/h2-5,10H,6H2,1H3,(H,15,16,17). The zero-order valence-electron chi connectivity index (χ0n) is 9.74. The molecule has 5 heteroatoms. The first-order valence-corrected chi connectivity index (χ1v) is 5.66. The maximum absolute atomic E-state index is 13.2. The molecule has 92 valence electrons. The number of H-pyrrole nitrogens is 1. The molecule has 3 rings (SSSR count). The van der Waals surface area contributed by atoms with E-state index in [1.807, 2.05) is 24.3 Å². The number of nitrogens with one attached hydrogen (secondary N) is 1. The number of rotatable bonds is 1. The van der Waals surface area contributed by atoms with Crippen molar-refractivity contribution in [1.82, 2.24) is 9.97 Å². The van der Waals surface area contributed by atoms with Crippen LogP contribution in [-0.4, -0.2) is 9.97 Å². The molecule has 0 saturated heterocycles. The van der Waals surface area contributed by atoms with Crippen molar-refractivity contribution in [1.29, 1.82) is 0 Å². The third kappa shape index (κ3) is 1.68. The molecule has 2 heterocycles. The highest BCUT2D eigenvalue weighted by Gasteiger charge is 2.26. The molecular formula is C13H11FN2O2. The summed E-state index contributed by atoms with van der Waals surface area (Å²) in [5, 5.41) is 0. The largest absolute Gasteiger partial charge is 0.482 e. The van der Waals surface area contributed by atoms with Crippen LogP contribution in [0.2, 0.25) is 0 Å². The summed E-state index contributed by atoms with van der Waals surface area (Å²) < 4.78 is 18.9. The van der Waals surface area contributed by atoms with Crippen LogP contribution < -0.4 is 10.3 Å². The number of fused-ring (bicyclic) bond motifs is 1. The van der Waals surface area contributed by atoms with E-state index in [-0.39, 0.29) is 11.8 Å². The lowest BCUT2D eigenvalue weighted by atomic mass is 10.1. The Morgan fingerprint density at radius 3 is 2.94 bits per heavy atom. The molecule has 0 saturated carbocycles. The molecule has 0 spiro atoms. The molecule has 0 aliphatic carbocycles. The van der Waals surface area contributed by atoms with Crippen molar-refractivity contribution in [3.05, 3.63) is 57.5 Å². The molecule has 0 bridgehead atoms. The lowest BCUT2D eigenvalue weighted by Gasteiger charge is -2.10. The summed E-state index contributed by atoms with van der Waals surface area (Å²) >= 11 is 0. The van der Waals surface area contributed by atoms with Crippen molar-refractivity contribution < 1.29 is 9.13 Å². The minimum absolute atomic E-state index is 0.0910. The van der Waals surface area contributed by atoms with E-state index in [1.54, 1.807) is 0 Å². The quantitative estimate of drug-likeness (QED) is 0.836. The SMILES string of the molecule is Cc1nc(C2Cc3ccccc3O2)[nH]c(=O)c1F. The van der Waals surface area contributed by atoms with Crippen molar-refractivity contribution in [2.45, 2.75) is 19.4 Å². The van der Waals surface area contributed by atoms with E-state index in [2.05, 4.69) is 9.97 Å². The molecule has 1 atom stereocenters. The third-order valence-corrected chi connectivity index (χ3v) is 3.00. The number of aryl methyl sites for hydroxylation is 1. The zero-order valence-corrected chi connectivity index (χ0v) is 9.74. The number of aromatic amines is 1. The fourth-order valence-electron chi connectivity index (χ4n) is 2.08. The van der Waals surface area contributed by atoms with Crippen molar-refractivity contribution in [3.8, 4) is 5.75 Å². The predicted molar refractivity (Wildman–Crippen MR) is 63.1 cm³/mol. The predicted octanol–water partition coefficient (Wildman–Crippen LogP) is 1.89. The lowest BCUT2D eigenvalue weighted by molar-refractivity contribution is 0.226. The second-order valence-electron chi connectivity index (χ2n) is 4.27. The zero-order chi connectivity index (χ0) is 12.7. The first-order valence-electron chi connectivity index (χ1n) is 5.66. The summed E-state index contributed by atoms with van der Waals surface area (Å²) in [6.45, 7) is 1.47. The summed E-state index contributed by atoms with van der Waals surface area (Å²) in [5.41, 5.74) is 0.400.